The number of fused-ring (bicyclic) bond motifs is 1. The zero-order valence-corrected chi connectivity index (χ0v) is 19.6. The van der Waals surface area contributed by atoms with Gasteiger partial charge in [-0.1, -0.05) is 17.5 Å². The molecule has 1 heterocycles. The molecule has 3 aromatic rings. The summed E-state index contributed by atoms with van der Waals surface area (Å²) in [5, 5.41) is 5.71. The molecule has 4 rings (SSSR count). The number of hydrogen-bond acceptors (Lipinski definition) is 4. The predicted octanol–water partition coefficient (Wildman–Crippen LogP) is 4.36. The summed E-state index contributed by atoms with van der Waals surface area (Å²) in [6, 6.07) is 13.4. The van der Waals surface area contributed by atoms with Crippen LogP contribution in [0.1, 0.15) is 13.3 Å². The number of imidazole rings is 1. The Hall–Kier alpha value is -4.15. The summed E-state index contributed by atoms with van der Waals surface area (Å²) < 4.78 is 2.21. The number of benzene rings is 2. The summed E-state index contributed by atoms with van der Waals surface area (Å²) in [6.45, 7) is 3.25. The highest BCUT2D eigenvalue weighted by atomic mass is 16.2. The van der Waals surface area contributed by atoms with Gasteiger partial charge in [-0.2, -0.15) is 0 Å². The van der Waals surface area contributed by atoms with Crippen LogP contribution in [-0.2, 0) is 16.1 Å². The van der Waals surface area contributed by atoms with Crippen molar-refractivity contribution in [1.82, 2.24) is 14.5 Å². The fourth-order valence-electron chi connectivity index (χ4n) is 3.79. The highest BCUT2D eigenvalue weighted by Gasteiger charge is 2.15. The summed E-state index contributed by atoms with van der Waals surface area (Å²) in [7, 11) is 4.12. The van der Waals surface area contributed by atoms with Gasteiger partial charge in [0.1, 0.15) is 5.82 Å². The van der Waals surface area contributed by atoms with Crippen molar-refractivity contribution < 1.29 is 9.59 Å². The molecule has 0 bridgehead atoms. The standard InChI is InChI=1S/C27H27N5O2/c1-19(33)28-22-12-10-20(11-13-22)26-30-24-18-23(29-27(34)21-8-5-4-6-9-21)14-15-25(24)32(26)17-7-16-31(2)3/h4-5,8,10-15,18H,7,16-17H2,1-3H3,(H,28,33)(H,29,34). The Morgan fingerprint density at radius 3 is 2.50 bits per heavy atom. The average molecular weight is 454 g/mol. The third-order valence-electron chi connectivity index (χ3n) is 5.35. The predicted molar refractivity (Wildman–Crippen MR) is 136 cm³/mol. The fourth-order valence-corrected chi connectivity index (χ4v) is 3.79. The molecule has 0 fully saturated rings. The van der Waals surface area contributed by atoms with Gasteiger partial charge in [-0.05, 0) is 81.7 Å². The van der Waals surface area contributed by atoms with Crippen LogP contribution in [-0.4, -0.2) is 46.9 Å². The molecular weight excluding hydrogens is 426 g/mol. The topological polar surface area (TPSA) is 79.3 Å². The van der Waals surface area contributed by atoms with Crippen molar-refractivity contribution in [3.8, 4) is 11.4 Å². The third kappa shape index (κ3) is 5.42. The zero-order valence-electron chi connectivity index (χ0n) is 19.6. The lowest BCUT2D eigenvalue weighted by atomic mass is 10.2. The van der Waals surface area contributed by atoms with Crippen molar-refractivity contribution in [2.75, 3.05) is 31.3 Å². The van der Waals surface area contributed by atoms with Crippen molar-refractivity contribution in [2.24, 2.45) is 0 Å². The van der Waals surface area contributed by atoms with Crippen molar-refractivity contribution in [1.29, 1.82) is 0 Å². The van der Waals surface area contributed by atoms with Gasteiger partial charge in [0.25, 0.3) is 5.91 Å². The molecular formula is C27H27N5O2. The number of nitrogens with zero attached hydrogens (tertiary/aromatic N) is 3. The number of nitrogens with one attached hydrogen (secondary N) is 2. The van der Waals surface area contributed by atoms with Gasteiger partial charge in [0.05, 0.1) is 16.6 Å². The van der Waals surface area contributed by atoms with Crippen LogP contribution in [0.15, 0.2) is 77.7 Å². The van der Waals surface area contributed by atoms with Gasteiger partial charge in [-0.15, -0.1) is 0 Å². The lowest BCUT2D eigenvalue weighted by Gasteiger charge is -2.13. The molecule has 34 heavy (non-hydrogen) atoms. The number of aromatic nitrogens is 2. The molecule has 0 unspecified atom stereocenters. The van der Waals surface area contributed by atoms with Gasteiger partial charge in [0.2, 0.25) is 5.91 Å². The lowest BCUT2D eigenvalue weighted by molar-refractivity contribution is -0.114. The summed E-state index contributed by atoms with van der Waals surface area (Å²) in [5.41, 5.74) is 10.2. The number of amides is 2. The third-order valence-corrected chi connectivity index (χ3v) is 5.35. The lowest BCUT2D eigenvalue weighted by Crippen LogP contribution is -2.15. The molecule has 0 radical (unpaired) electrons. The molecule has 2 N–H and O–H groups in total. The Bertz CT molecular complexity index is 1370. The quantitative estimate of drug-likeness (QED) is 0.497. The molecule has 0 saturated heterocycles. The number of hydrogen-bond donors (Lipinski definition) is 2. The zero-order chi connectivity index (χ0) is 24.1. The van der Waals surface area contributed by atoms with Gasteiger partial charge < -0.3 is 20.1 Å². The van der Waals surface area contributed by atoms with Crippen molar-refractivity contribution in [2.45, 2.75) is 19.9 Å². The van der Waals surface area contributed by atoms with Gasteiger partial charge in [0.15, 0.2) is 0 Å². The maximum atomic E-state index is 12.5. The van der Waals surface area contributed by atoms with E-state index in [0.717, 1.165) is 47.6 Å². The minimum atomic E-state index is -0.240. The van der Waals surface area contributed by atoms with Crippen molar-refractivity contribution in [3.05, 3.63) is 77.7 Å². The normalized spacial score (nSPS) is 12.3. The Kier molecular flexibility index (Phi) is 6.90. The van der Waals surface area contributed by atoms with Gasteiger partial charge in [0, 0.05) is 30.4 Å². The summed E-state index contributed by atoms with van der Waals surface area (Å²) in [5.74, 6) is 0.497. The van der Waals surface area contributed by atoms with E-state index in [9.17, 15) is 9.59 Å². The molecule has 1 aromatic heterocycles. The number of anilines is 2. The minimum Gasteiger partial charge on any atom is -0.326 e. The van der Waals surface area contributed by atoms with E-state index in [0.29, 0.717) is 11.3 Å². The Labute approximate surface area is 198 Å². The minimum absolute atomic E-state index is 0.107. The van der Waals surface area contributed by atoms with Crippen LogP contribution in [0.4, 0.5) is 11.4 Å². The molecule has 1 aliphatic carbocycles. The van der Waals surface area contributed by atoms with Crippen LogP contribution < -0.4 is 10.6 Å². The first kappa shape index (κ1) is 23.0. The van der Waals surface area contributed by atoms with E-state index in [4.69, 9.17) is 4.98 Å². The summed E-state index contributed by atoms with van der Waals surface area (Å²) in [6.07, 6.45) is 6.13. The molecule has 0 atom stereocenters. The summed E-state index contributed by atoms with van der Waals surface area (Å²) >= 11 is 0. The highest BCUT2D eigenvalue weighted by molar-refractivity contribution is 6.06. The number of carbonyl (C=O) groups excluding carboxylic acids is 2. The first-order valence-electron chi connectivity index (χ1n) is 11.1. The van der Waals surface area contributed by atoms with Crippen LogP contribution >= 0.6 is 0 Å². The SMILES string of the molecule is CC(=O)Nc1ccc(-c2nc3cc(NC(=O)C4=C=C=CC=C4)ccc3n2CCCN(C)C)cc1. The van der Waals surface area contributed by atoms with Crippen LogP contribution in [0.25, 0.3) is 22.4 Å². The van der Waals surface area contributed by atoms with Gasteiger partial charge in [-0.3, -0.25) is 9.59 Å². The van der Waals surface area contributed by atoms with Gasteiger partial charge in [-0.25, -0.2) is 4.98 Å². The molecule has 2 amide bonds. The molecule has 172 valence electrons. The van der Waals surface area contributed by atoms with E-state index in [1.54, 1.807) is 18.2 Å². The number of rotatable bonds is 8. The van der Waals surface area contributed by atoms with Crippen molar-refractivity contribution >= 4 is 34.2 Å². The van der Waals surface area contributed by atoms with Crippen LogP contribution in [0, 0.1) is 0 Å². The smallest absolute Gasteiger partial charge is 0.264 e. The van der Waals surface area contributed by atoms with Crippen molar-refractivity contribution in [3.63, 3.8) is 0 Å². The largest absolute Gasteiger partial charge is 0.326 e. The number of carbonyl (C=O) groups is 2. The second-order valence-electron chi connectivity index (χ2n) is 8.37. The average Bonchev–Trinajstić information content (AvgIpc) is 3.17. The molecule has 0 aliphatic heterocycles. The maximum Gasteiger partial charge on any atom is 0.264 e. The number of allylic oxidation sites excluding steroid dienone is 2. The number of aryl methyl sites for hydroxylation is 1. The second kappa shape index (κ2) is 10.2. The molecule has 0 saturated carbocycles. The van der Waals surface area contributed by atoms with E-state index < -0.39 is 0 Å². The van der Waals surface area contributed by atoms with E-state index in [1.807, 2.05) is 42.5 Å². The monoisotopic (exact) mass is 453 g/mol. The van der Waals surface area contributed by atoms with E-state index in [1.165, 1.54) is 6.92 Å². The molecule has 2 aromatic carbocycles. The van der Waals surface area contributed by atoms with E-state index in [-0.39, 0.29) is 11.8 Å². The Morgan fingerprint density at radius 1 is 1.06 bits per heavy atom. The first-order valence-corrected chi connectivity index (χ1v) is 11.1. The maximum absolute atomic E-state index is 12.5. The van der Waals surface area contributed by atoms with E-state index in [2.05, 4.69) is 45.7 Å². The molecule has 7 heteroatoms. The van der Waals surface area contributed by atoms with Gasteiger partial charge >= 0.3 is 0 Å². The highest BCUT2D eigenvalue weighted by Crippen LogP contribution is 2.28. The summed E-state index contributed by atoms with van der Waals surface area (Å²) in [4.78, 5) is 30.9. The van der Waals surface area contributed by atoms with E-state index >= 15 is 0 Å². The van der Waals surface area contributed by atoms with Crippen LogP contribution in [0.3, 0.4) is 0 Å². The van der Waals surface area contributed by atoms with Crippen LogP contribution in [0.2, 0.25) is 0 Å². The molecule has 0 spiro atoms. The fraction of sp³-hybridized carbons (Fsp3) is 0.222. The van der Waals surface area contributed by atoms with Crippen LogP contribution in [0.5, 0.6) is 0 Å². The second-order valence-corrected chi connectivity index (χ2v) is 8.37. The molecule has 7 nitrogen and oxygen atoms in total. The Morgan fingerprint density at radius 2 is 1.82 bits per heavy atom. The molecule has 1 aliphatic rings. The first-order chi connectivity index (χ1) is 16.4. The Balaban J connectivity index is 1.67.